The van der Waals surface area contributed by atoms with Crippen LogP contribution in [0.15, 0.2) is 4.99 Å². The predicted octanol–water partition coefficient (Wildman–Crippen LogP) is -0.0123. The lowest BCUT2D eigenvalue weighted by molar-refractivity contribution is -0.0179. The third-order valence-corrected chi connectivity index (χ3v) is 3.80. The molecule has 1 aliphatic heterocycles. The van der Waals surface area contributed by atoms with Crippen LogP contribution in [0.3, 0.4) is 0 Å². The SMILES string of the molecule is CCNC(=NCC(C)(O)CN1CCOCC1)NCCSC. The molecule has 21 heavy (non-hydrogen) atoms. The van der Waals surface area contributed by atoms with Gasteiger partial charge in [0.05, 0.1) is 25.4 Å². The molecule has 1 fully saturated rings. The summed E-state index contributed by atoms with van der Waals surface area (Å²) in [6, 6.07) is 0. The van der Waals surface area contributed by atoms with Gasteiger partial charge in [-0.3, -0.25) is 9.89 Å². The number of hydrogen-bond donors (Lipinski definition) is 3. The van der Waals surface area contributed by atoms with Gasteiger partial charge < -0.3 is 20.5 Å². The standard InChI is InChI=1S/C14H30N4O2S/c1-4-15-13(16-5-10-21-3)17-11-14(2,19)12-18-6-8-20-9-7-18/h19H,4-12H2,1-3H3,(H2,15,16,17). The molecule has 124 valence electrons. The summed E-state index contributed by atoms with van der Waals surface area (Å²) >= 11 is 1.80. The maximum atomic E-state index is 10.5. The fourth-order valence-electron chi connectivity index (χ4n) is 2.15. The van der Waals surface area contributed by atoms with Gasteiger partial charge >= 0.3 is 0 Å². The summed E-state index contributed by atoms with van der Waals surface area (Å²) in [5.41, 5.74) is -0.820. The summed E-state index contributed by atoms with van der Waals surface area (Å²) < 4.78 is 5.33. The minimum atomic E-state index is -0.820. The van der Waals surface area contributed by atoms with Crippen molar-refractivity contribution in [2.75, 3.05) is 64.5 Å². The lowest BCUT2D eigenvalue weighted by atomic mass is 10.1. The molecule has 1 saturated heterocycles. The molecule has 0 aromatic heterocycles. The van der Waals surface area contributed by atoms with Crippen molar-refractivity contribution in [3.05, 3.63) is 0 Å². The first-order chi connectivity index (χ1) is 10.1. The maximum Gasteiger partial charge on any atom is 0.191 e. The Labute approximate surface area is 132 Å². The largest absolute Gasteiger partial charge is 0.387 e. The van der Waals surface area contributed by atoms with Crippen molar-refractivity contribution < 1.29 is 9.84 Å². The van der Waals surface area contributed by atoms with Gasteiger partial charge in [-0.1, -0.05) is 0 Å². The molecule has 0 aromatic carbocycles. The molecule has 7 heteroatoms. The van der Waals surface area contributed by atoms with Crippen LogP contribution in [0.1, 0.15) is 13.8 Å². The van der Waals surface area contributed by atoms with E-state index in [1.54, 1.807) is 11.8 Å². The van der Waals surface area contributed by atoms with E-state index in [9.17, 15) is 5.11 Å². The second kappa shape index (κ2) is 10.3. The first-order valence-electron chi connectivity index (χ1n) is 7.61. The van der Waals surface area contributed by atoms with Gasteiger partial charge in [-0.25, -0.2) is 0 Å². The normalized spacial score (nSPS) is 20.1. The van der Waals surface area contributed by atoms with Crippen molar-refractivity contribution in [3.8, 4) is 0 Å². The Morgan fingerprint density at radius 1 is 1.38 bits per heavy atom. The summed E-state index contributed by atoms with van der Waals surface area (Å²) in [6.07, 6.45) is 2.08. The number of hydrogen-bond acceptors (Lipinski definition) is 5. The Bertz CT molecular complexity index is 307. The highest BCUT2D eigenvalue weighted by molar-refractivity contribution is 7.98. The van der Waals surface area contributed by atoms with E-state index in [1.807, 2.05) is 13.8 Å². The van der Waals surface area contributed by atoms with Crippen molar-refractivity contribution in [1.29, 1.82) is 0 Å². The molecule has 1 atom stereocenters. The van der Waals surface area contributed by atoms with E-state index in [0.29, 0.717) is 13.1 Å². The molecule has 1 unspecified atom stereocenters. The Morgan fingerprint density at radius 2 is 2.10 bits per heavy atom. The van der Waals surface area contributed by atoms with Crippen LogP contribution in [0.5, 0.6) is 0 Å². The van der Waals surface area contributed by atoms with Crippen molar-refractivity contribution >= 4 is 17.7 Å². The second-order valence-electron chi connectivity index (χ2n) is 5.50. The van der Waals surface area contributed by atoms with Gasteiger partial charge in [0.2, 0.25) is 0 Å². The third-order valence-electron chi connectivity index (χ3n) is 3.19. The second-order valence-corrected chi connectivity index (χ2v) is 6.49. The molecule has 0 saturated carbocycles. The molecule has 0 amide bonds. The molecule has 0 radical (unpaired) electrons. The molecule has 3 N–H and O–H groups in total. The monoisotopic (exact) mass is 318 g/mol. The number of β-amino-alcohol motifs (C(OH)–C–C–N with tert-alkyl or cyclic N) is 1. The van der Waals surface area contributed by atoms with Crippen LogP contribution in [-0.4, -0.2) is 86.1 Å². The van der Waals surface area contributed by atoms with Gasteiger partial charge in [-0.15, -0.1) is 0 Å². The van der Waals surface area contributed by atoms with Crippen molar-refractivity contribution in [1.82, 2.24) is 15.5 Å². The highest BCUT2D eigenvalue weighted by Gasteiger charge is 2.25. The van der Waals surface area contributed by atoms with Crippen LogP contribution in [-0.2, 0) is 4.74 Å². The zero-order valence-electron chi connectivity index (χ0n) is 13.5. The number of aliphatic imine (C=N–C) groups is 1. The lowest BCUT2D eigenvalue weighted by Crippen LogP contribution is -2.48. The Hall–Kier alpha value is -0.500. The van der Waals surface area contributed by atoms with Crippen LogP contribution in [0, 0.1) is 0 Å². The average molecular weight is 318 g/mol. The first-order valence-corrected chi connectivity index (χ1v) is 9.00. The van der Waals surface area contributed by atoms with E-state index in [-0.39, 0.29) is 0 Å². The quantitative estimate of drug-likeness (QED) is 0.332. The number of guanidine groups is 1. The Balaban J connectivity index is 2.42. The minimum Gasteiger partial charge on any atom is -0.387 e. The Kier molecular flexibility index (Phi) is 9.07. The molecule has 0 aromatic rings. The van der Waals surface area contributed by atoms with Crippen LogP contribution >= 0.6 is 11.8 Å². The number of rotatable bonds is 8. The summed E-state index contributed by atoms with van der Waals surface area (Å²) in [6.45, 7) is 9.85. The minimum absolute atomic E-state index is 0.388. The number of morpholine rings is 1. The number of ether oxygens (including phenoxy) is 1. The van der Waals surface area contributed by atoms with E-state index in [1.165, 1.54) is 0 Å². The fraction of sp³-hybridized carbons (Fsp3) is 0.929. The smallest absolute Gasteiger partial charge is 0.191 e. The van der Waals surface area contributed by atoms with E-state index in [2.05, 4.69) is 26.8 Å². The lowest BCUT2D eigenvalue weighted by Gasteiger charge is -2.33. The van der Waals surface area contributed by atoms with Gasteiger partial charge in [0.15, 0.2) is 5.96 Å². The molecule has 0 spiro atoms. The summed E-state index contributed by atoms with van der Waals surface area (Å²) in [5, 5.41) is 17.0. The van der Waals surface area contributed by atoms with Gasteiger partial charge in [-0.2, -0.15) is 11.8 Å². The number of thioether (sulfide) groups is 1. The number of nitrogens with zero attached hydrogens (tertiary/aromatic N) is 2. The maximum absolute atomic E-state index is 10.5. The fourth-order valence-corrected chi connectivity index (χ4v) is 2.46. The van der Waals surface area contributed by atoms with Gasteiger partial charge in [0.25, 0.3) is 0 Å². The zero-order valence-corrected chi connectivity index (χ0v) is 14.3. The van der Waals surface area contributed by atoms with Gasteiger partial charge in [-0.05, 0) is 20.1 Å². The molecule has 0 bridgehead atoms. The summed E-state index contributed by atoms with van der Waals surface area (Å²) in [7, 11) is 0. The zero-order chi connectivity index (χ0) is 15.6. The number of aliphatic hydroxyl groups is 1. The van der Waals surface area contributed by atoms with E-state index >= 15 is 0 Å². The third kappa shape index (κ3) is 8.50. The molecule has 1 aliphatic rings. The van der Waals surface area contributed by atoms with Crippen molar-refractivity contribution in [2.24, 2.45) is 4.99 Å². The van der Waals surface area contributed by atoms with Crippen molar-refractivity contribution in [3.63, 3.8) is 0 Å². The first kappa shape index (κ1) is 18.5. The molecule has 1 rings (SSSR count). The van der Waals surface area contributed by atoms with E-state index in [4.69, 9.17) is 4.74 Å². The van der Waals surface area contributed by atoms with E-state index < -0.39 is 5.60 Å². The predicted molar refractivity (Wildman–Crippen MR) is 90.2 cm³/mol. The van der Waals surface area contributed by atoms with Crippen LogP contribution in [0.25, 0.3) is 0 Å². The topological polar surface area (TPSA) is 69.1 Å². The van der Waals surface area contributed by atoms with Gasteiger partial charge in [0, 0.05) is 38.5 Å². The Morgan fingerprint density at radius 3 is 2.71 bits per heavy atom. The van der Waals surface area contributed by atoms with Crippen LogP contribution in [0.2, 0.25) is 0 Å². The number of nitrogens with one attached hydrogen (secondary N) is 2. The van der Waals surface area contributed by atoms with Gasteiger partial charge in [0.1, 0.15) is 0 Å². The molecular formula is C14H30N4O2S. The highest BCUT2D eigenvalue weighted by Crippen LogP contribution is 2.09. The summed E-state index contributed by atoms with van der Waals surface area (Å²) in [4.78, 5) is 6.73. The average Bonchev–Trinajstić information content (AvgIpc) is 2.46. The molecule has 6 nitrogen and oxygen atoms in total. The molecule has 0 aliphatic carbocycles. The van der Waals surface area contributed by atoms with Crippen LogP contribution < -0.4 is 10.6 Å². The van der Waals surface area contributed by atoms with Crippen molar-refractivity contribution in [2.45, 2.75) is 19.4 Å². The molecule has 1 heterocycles. The van der Waals surface area contributed by atoms with E-state index in [0.717, 1.165) is 51.1 Å². The summed E-state index contributed by atoms with van der Waals surface area (Å²) in [5.74, 6) is 1.81. The highest BCUT2D eigenvalue weighted by atomic mass is 32.2. The van der Waals surface area contributed by atoms with Crippen LogP contribution in [0.4, 0.5) is 0 Å². The molecular weight excluding hydrogens is 288 g/mol.